The van der Waals surface area contributed by atoms with Gasteiger partial charge in [0, 0.05) is 5.57 Å². The van der Waals surface area contributed by atoms with Gasteiger partial charge in [0.25, 0.3) is 0 Å². The van der Waals surface area contributed by atoms with Crippen molar-refractivity contribution in [1.29, 1.82) is 0 Å². The van der Waals surface area contributed by atoms with E-state index in [1.807, 2.05) is 13.0 Å². The van der Waals surface area contributed by atoms with E-state index in [0.29, 0.717) is 11.7 Å². The smallest absolute Gasteiger partial charge is 0.214 e. The lowest BCUT2D eigenvalue weighted by Crippen LogP contribution is -2.48. The van der Waals surface area contributed by atoms with E-state index in [-0.39, 0.29) is 16.2 Å². The third-order valence-corrected chi connectivity index (χ3v) is 4.53. The van der Waals surface area contributed by atoms with Gasteiger partial charge in [-0.1, -0.05) is 49.6 Å². The van der Waals surface area contributed by atoms with Crippen LogP contribution in [0.4, 0.5) is 0 Å². The monoisotopic (exact) mass is 348 g/mol. The summed E-state index contributed by atoms with van der Waals surface area (Å²) in [7, 11) is 0. The second-order valence-electron chi connectivity index (χ2n) is 6.28. The Balaban J connectivity index is 2.31. The van der Waals surface area contributed by atoms with Crippen molar-refractivity contribution < 1.29 is 19.4 Å². The van der Waals surface area contributed by atoms with Gasteiger partial charge in [-0.2, -0.15) is 0 Å². The Labute approximate surface area is 146 Å². The summed E-state index contributed by atoms with van der Waals surface area (Å²) in [5.74, 6) is -0.559. The lowest BCUT2D eigenvalue weighted by Gasteiger charge is -2.29. The largest absolute Gasteiger partial charge is 0.464 e. The van der Waals surface area contributed by atoms with Gasteiger partial charge in [-0.15, -0.1) is 0 Å². The summed E-state index contributed by atoms with van der Waals surface area (Å²) in [6, 6.07) is 0. The number of hydrogen-bond donors (Lipinski definition) is 1. The molecule has 0 aromatic carbocycles. The second-order valence-corrected chi connectivity index (χ2v) is 6.66. The maximum atomic E-state index is 12.2. The van der Waals surface area contributed by atoms with E-state index in [4.69, 9.17) is 16.3 Å². The Morgan fingerprint density at radius 3 is 2.71 bits per heavy atom. The van der Waals surface area contributed by atoms with Gasteiger partial charge in [0.1, 0.15) is 12.0 Å². The van der Waals surface area contributed by atoms with E-state index in [0.717, 1.165) is 18.9 Å². The Morgan fingerprint density at radius 1 is 1.42 bits per heavy atom. The van der Waals surface area contributed by atoms with E-state index >= 15 is 0 Å². The van der Waals surface area contributed by atoms with Crippen LogP contribution in [0.5, 0.6) is 0 Å². The molecule has 5 heteroatoms. The number of ether oxygens (including phenoxy) is 1. The number of halogens is 1. The molecule has 128 valence electrons. The van der Waals surface area contributed by atoms with Crippen molar-refractivity contribution >= 4 is 23.2 Å². The second kappa shape index (κ2) is 6.91. The number of allylic oxidation sites excluding steroid dienone is 6. The van der Waals surface area contributed by atoms with Crippen molar-refractivity contribution in [3.8, 4) is 0 Å². The van der Waals surface area contributed by atoms with Gasteiger partial charge in [-0.3, -0.25) is 9.59 Å². The van der Waals surface area contributed by atoms with Crippen molar-refractivity contribution in [3.05, 3.63) is 58.1 Å². The van der Waals surface area contributed by atoms with E-state index in [1.165, 1.54) is 12.3 Å². The number of ketones is 2. The SMILES string of the molecule is CC[C@H](C)C=C(C)C=CC1=CC2=C(Cl)C(=O)[C@@](C)(O)C(=O)C2=CO1. The average molecular weight is 349 g/mol. The van der Waals surface area contributed by atoms with E-state index in [1.54, 1.807) is 6.08 Å². The minimum Gasteiger partial charge on any atom is -0.464 e. The molecule has 0 radical (unpaired) electrons. The molecular formula is C19H21ClO4. The molecule has 1 N–H and O–H groups in total. The number of carbonyl (C=O) groups is 2. The Bertz CT molecular complexity index is 732. The molecule has 0 saturated heterocycles. The minimum atomic E-state index is -2.15. The molecule has 0 fully saturated rings. The van der Waals surface area contributed by atoms with Crippen LogP contribution in [-0.2, 0) is 14.3 Å². The molecule has 2 rings (SSSR count). The first-order chi connectivity index (χ1) is 11.2. The molecular weight excluding hydrogens is 328 g/mol. The van der Waals surface area contributed by atoms with Crippen LogP contribution >= 0.6 is 11.6 Å². The van der Waals surface area contributed by atoms with Gasteiger partial charge in [0.2, 0.25) is 11.6 Å². The number of Topliss-reactive ketones (excluding diaryl/α,β-unsaturated/α-hetero) is 2. The van der Waals surface area contributed by atoms with Crippen molar-refractivity contribution in [3.63, 3.8) is 0 Å². The zero-order valence-corrected chi connectivity index (χ0v) is 15.0. The first kappa shape index (κ1) is 18.4. The summed E-state index contributed by atoms with van der Waals surface area (Å²) < 4.78 is 5.43. The predicted octanol–water partition coefficient (Wildman–Crippen LogP) is 3.73. The number of hydrogen-bond acceptors (Lipinski definition) is 4. The molecule has 2 aliphatic rings. The van der Waals surface area contributed by atoms with Crippen LogP contribution in [0, 0.1) is 5.92 Å². The van der Waals surface area contributed by atoms with Crippen molar-refractivity contribution in [2.45, 2.75) is 39.7 Å². The highest BCUT2D eigenvalue weighted by Crippen LogP contribution is 2.36. The average Bonchev–Trinajstić information content (AvgIpc) is 2.56. The zero-order chi connectivity index (χ0) is 18.1. The predicted molar refractivity (Wildman–Crippen MR) is 93.1 cm³/mol. The molecule has 0 spiro atoms. The van der Waals surface area contributed by atoms with Crippen LogP contribution in [0.25, 0.3) is 0 Å². The molecule has 0 amide bonds. The lowest BCUT2D eigenvalue weighted by molar-refractivity contribution is -0.144. The maximum absolute atomic E-state index is 12.2. The summed E-state index contributed by atoms with van der Waals surface area (Å²) in [5.41, 5.74) is -0.671. The number of aliphatic hydroxyl groups is 1. The molecule has 1 heterocycles. The normalized spacial score (nSPS) is 26.2. The van der Waals surface area contributed by atoms with E-state index < -0.39 is 17.2 Å². The summed E-state index contributed by atoms with van der Waals surface area (Å²) in [6.45, 7) is 7.39. The quantitative estimate of drug-likeness (QED) is 0.621. The van der Waals surface area contributed by atoms with Gasteiger partial charge in [0.15, 0.2) is 5.60 Å². The van der Waals surface area contributed by atoms with Gasteiger partial charge in [-0.25, -0.2) is 0 Å². The van der Waals surface area contributed by atoms with Crippen molar-refractivity contribution in [2.24, 2.45) is 5.92 Å². The highest BCUT2D eigenvalue weighted by molar-refractivity contribution is 6.49. The number of rotatable bonds is 4. The molecule has 24 heavy (non-hydrogen) atoms. The van der Waals surface area contributed by atoms with Gasteiger partial charge in [0.05, 0.1) is 10.6 Å². The standard InChI is InChI=1S/C19H21ClO4/c1-5-11(2)8-12(3)6-7-13-9-14-15(10-24-13)17(21)19(4,23)18(22)16(14)20/h6-11,23H,5H2,1-4H3/t11-,19-/m0/s1. The highest BCUT2D eigenvalue weighted by Gasteiger charge is 2.48. The van der Waals surface area contributed by atoms with Gasteiger partial charge < -0.3 is 9.84 Å². The summed E-state index contributed by atoms with van der Waals surface area (Å²) in [5, 5.41) is 9.85. The third kappa shape index (κ3) is 3.45. The molecule has 0 unspecified atom stereocenters. The fraction of sp³-hybridized carbons (Fsp3) is 0.368. The van der Waals surface area contributed by atoms with Crippen LogP contribution in [-0.4, -0.2) is 22.3 Å². The van der Waals surface area contributed by atoms with Crippen LogP contribution in [0.3, 0.4) is 0 Å². The van der Waals surface area contributed by atoms with Gasteiger partial charge in [-0.05, 0) is 31.9 Å². The molecule has 1 aliphatic carbocycles. The van der Waals surface area contributed by atoms with Crippen LogP contribution in [0.1, 0.15) is 34.1 Å². The summed E-state index contributed by atoms with van der Waals surface area (Å²) >= 11 is 6.05. The molecule has 1 aliphatic heterocycles. The lowest BCUT2D eigenvalue weighted by atomic mass is 9.80. The third-order valence-electron chi connectivity index (χ3n) is 4.16. The zero-order valence-electron chi connectivity index (χ0n) is 14.2. The van der Waals surface area contributed by atoms with Crippen molar-refractivity contribution in [2.75, 3.05) is 0 Å². The molecule has 0 aromatic heterocycles. The van der Waals surface area contributed by atoms with Crippen LogP contribution in [0.2, 0.25) is 0 Å². The minimum absolute atomic E-state index is 0.105. The molecule has 0 saturated carbocycles. The van der Waals surface area contributed by atoms with E-state index in [2.05, 4.69) is 19.9 Å². The molecule has 0 bridgehead atoms. The highest BCUT2D eigenvalue weighted by atomic mass is 35.5. The Hall–Kier alpha value is -1.91. The topological polar surface area (TPSA) is 63.6 Å². The van der Waals surface area contributed by atoms with Crippen LogP contribution < -0.4 is 0 Å². The first-order valence-electron chi connectivity index (χ1n) is 7.85. The fourth-order valence-electron chi connectivity index (χ4n) is 2.43. The first-order valence-corrected chi connectivity index (χ1v) is 8.23. The van der Waals surface area contributed by atoms with E-state index in [9.17, 15) is 14.7 Å². The molecule has 4 nitrogen and oxygen atoms in total. The molecule has 0 aromatic rings. The molecule has 2 atom stereocenters. The van der Waals surface area contributed by atoms with Crippen molar-refractivity contribution in [1.82, 2.24) is 0 Å². The maximum Gasteiger partial charge on any atom is 0.214 e. The number of fused-ring (bicyclic) bond motifs is 1. The van der Waals surface area contributed by atoms with Gasteiger partial charge >= 0.3 is 0 Å². The number of carbonyl (C=O) groups excluding carboxylic acids is 2. The summed E-state index contributed by atoms with van der Waals surface area (Å²) in [4.78, 5) is 24.3. The Kier molecular flexibility index (Phi) is 5.31. The Morgan fingerprint density at radius 2 is 2.08 bits per heavy atom. The fourth-order valence-corrected chi connectivity index (χ4v) is 2.77. The van der Waals surface area contributed by atoms with Crippen LogP contribution in [0.15, 0.2) is 58.1 Å². The summed E-state index contributed by atoms with van der Waals surface area (Å²) in [6.07, 6.45) is 9.62.